The van der Waals surface area contributed by atoms with Gasteiger partial charge in [0.25, 0.3) is 0 Å². The molecule has 19 heavy (non-hydrogen) atoms. The lowest BCUT2D eigenvalue weighted by Crippen LogP contribution is -1.74. The van der Waals surface area contributed by atoms with Gasteiger partial charge in [0.15, 0.2) is 5.82 Å². The van der Waals surface area contributed by atoms with E-state index in [1.54, 1.807) is 24.4 Å². The first-order valence-electron chi connectivity index (χ1n) is 4.98. The quantitative estimate of drug-likeness (QED) is 0.752. The van der Waals surface area contributed by atoms with E-state index in [0.717, 1.165) is 10.0 Å². The van der Waals surface area contributed by atoms with Gasteiger partial charge in [-0.2, -0.15) is 0 Å². The number of rotatable bonds is 2. The maximum atomic E-state index is 9.63. The molecule has 0 atom stereocenters. The van der Waals surface area contributed by atoms with Gasteiger partial charge in [0.2, 0.25) is 0 Å². The summed E-state index contributed by atoms with van der Waals surface area (Å²) in [6.45, 7) is 1.90. The van der Waals surface area contributed by atoms with Gasteiger partial charge >= 0.3 is 0 Å². The second-order valence-electron chi connectivity index (χ2n) is 3.53. The van der Waals surface area contributed by atoms with Crippen molar-refractivity contribution >= 4 is 52.2 Å². The van der Waals surface area contributed by atoms with Crippen LogP contribution >= 0.6 is 40.7 Å². The van der Waals surface area contributed by atoms with E-state index < -0.39 is 0 Å². The zero-order chi connectivity index (χ0) is 12.3. The third-order valence-corrected chi connectivity index (χ3v) is 2.57. The predicted octanol–water partition coefficient (Wildman–Crippen LogP) is 5.12. The van der Waals surface area contributed by atoms with Crippen molar-refractivity contribution in [2.75, 3.05) is 0 Å². The molecule has 0 amide bonds. The number of aromatic hydroxyl groups is 1. The molecular formula is C12H12BrCl2N3O. The Bertz CT molecular complexity index is 561. The van der Waals surface area contributed by atoms with Gasteiger partial charge in [-0.05, 0) is 52.7 Å². The number of aryl methyl sites for hydroxylation is 1. The number of pyridine rings is 1. The lowest BCUT2D eigenvalue weighted by Gasteiger charge is -1.98. The molecule has 0 aliphatic rings. The number of halogens is 3. The van der Waals surface area contributed by atoms with Gasteiger partial charge in [0, 0.05) is 10.7 Å². The van der Waals surface area contributed by atoms with Crippen LogP contribution in [0.25, 0.3) is 0 Å². The molecular weight excluding hydrogens is 353 g/mol. The van der Waals surface area contributed by atoms with E-state index in [2.05, 4.69) is 31.1 Å². The van der Waals surface area contributed by atoms with E-state index in [0.29, 0.717) is 11.5 Å². The molecule has 0 fully saturated rings. The van der Waals surface area contributed by atoms with Crippen LogP contribution in [0.4, 0.5) is 11.5 Å². The number of aromatic nitrogens is 1. The third-order valence-electron chi connectivity index (χ3n) is 2.10. The summed E-state index contributed by atoms with van der Waals surface area (Å²) < 4.78 is 0.884. The van der Waals surface area contributed by atoms with Crippen LogP contribution in [0.5, 0.6) is 5.75 Å². The fourth-order valence-corrected chi connectivity index (χ4v) is 1.48. The van der Waals surface area contributed by atoms with Gasteiger partial charge < -0.3 is 5.11 Å². The van der Waals surface area contributed by atoms with Crippen molar-refractivity contribution in [2.24, 2.45) is 10.2 Å². The molecule has 102 valence electrons. The van der Waals surface area contributed by atoms with Crippen LogP contribution in [0.3, 0.4) is 0 Å². The molecule has 1 aromatic carbocycles. The number of nitrogens with zero attached hydrogens (tertiary/aromatic N) is 3. The molecule has 2 aromatic rings. The lowest BCUT2D eigenvalue weighted by molar-refractivity contribution is 0.476. The first-order chi connectivity index (χ1) is 8.15. The molecule has 0 aliphatic heterocycles. The van der Waals surface area contributed by atoms with Gasteiger partial charge in [0.1, 0.15) is 11.4 Å². The summed E-state index contributed by atoms with van der Waals surface area (Å²) in [5.41, 5.74) is 1.41. The Morgan fingerprint density at radius 3 is 2.42 bits per heavy atom. The molecule has 0 saturated carbocycles. The second-order valence-corrected chi connectivity index (χ2v) is 4.44. The number of phenols is 1. The minimum Gasteiger partial charge on any atom is -0.506 e. The molecule has 0 bridgehead atoms. The van der Waals surface area contributed by atoms with Crippen LogP contribution in [0.2, 0.25) is 0 Å². The van der Waals surface area contributed by atoms with Crippen molar-refractivity contribution in [3.63, 3.8) is 0 Å². The molecule has 1 heterocycles. The van der Waals surface area contributed by atoms with E-state index in [-0.39, 0.29) is 30.6 Å². The molecule has 0 aliphatic carbocycles. The molecule has 7 heteroatoms. The summed E-state index contributed by atoms with van der Waals surface area (Å²) in [6, 6.07) is 8.79. The Labute approximate surface area is 131 Å². The SMILES string of the molecule is Cc1ccc(N=Nc2ccc(Br)cn2)c(O)c1.Cl.Cl. The number of benzene rings is 1. The van der Waals surface area contributed by atoms with Gasteiger partial charge in [-0.3, -0.25) is 0 Å². The van der Waals surface area contributed by atoms with Crippen LogP contribution in [-0.4, -0.2) is 10.1 Å². The third kappa shape index (κ3) is 5.14. The summed E-state index contributed by atoms with van der Waals surface area (Å²) in [4.78, 5) is 4.05. The van der Waals surface area contributed by atoms with Crippen molar-refractivity contribution in [2.45, 2.75) is 6.92 Å². The Hall–Kier alpha value is -1.17. The molecule has 1 N–H and O–H groups in total. The summed E-state index contributed by atoms with van der Waals surface area (Å²) in [5, 5.41) is 17.5. The molecule has 2 rings (SSSR count). The maximum Gasteiger partial charge on any atom is 0.174 e. The summed E-state index contributed by atoms with van der Waals surface area (Å²) in [7, 11) is 0. The van der Waals surface area contributed by atoms with Gasteiger partial charge in [-0.25, -0.2) is 4.98 Å². The summed E-state index contributed by atoms with van der Waals surface area (Å²) >= 11 is 3.29. The molecule has 0 spiro atoms. The summed E-state index contributed by atoms with van der Waals surface area (Å²) in [6.07, 6.45) is 1.64. The Balaban J connectivity index is 0.00000162. The van der Waals surface area contributed by atoms with Gasteiger partial charge in [-0.15, -0.1) is 35.0 Å². The van der Waals surface area contributed by atoms with Crippen LogP contribution in [0, 0.1) is 6.92 Å². The van der Waals surface area contributed by atoms with E-state index in [1.807, 2.05) is 19.1 Å². The zero-order valence-electron chi connectivity index (χ0n) is 9.95. The summed E-state index contributed by atoms with van der Waals surface area (Å²) in [5.74, 6) is 0.610. The Morgan fingerprint density at radius 1 is 1.11 bits per heavy atom. The van der Waals surface area contributed by atoms with Gasteiger partial charge in [-0.1, -0.05) is 6.07 Å². The first kappa shape index (κ1) is 17.8. The molecule has 0 unspecified atom stereocenters. The van der Waals surface area contributed by atoms with Crippen LogP contribution in [0.15, 0.2) is 51.2 Å². The van der Waals surface area contributed by atoms with Crippen molar-refractivity contribution in [3.8, 4) is 5.75 Å². The fourth-order valence-electron chi connectivity index (χ4n) is 1.25. The Kier molecular flexibility index (Phi) is 7.59. The largest absolute Gasteiger partial charge is 0.506 e. The van der Waals surface area contributed by atoms with Crippen molar-refractivity contribution in [1.29, 1.82) is 0 Å². The van der Waals surface area contributed by atoms with Crippen LogP contribution in [-0.2, 0) is 0 Å². The number of phenolic OH excluding ortho intramolecular Hbond substituents is 1. The Morgan fingerprint density at radius 2 is 1.84 bits per heavy atom. The monoisotopic (exact) mass is 363 g/mol. The maximum absolute atomic E-state index is 9.63. The van der Waals surface area contributed by atoms with Crippen LogP contribution < -0.4 is 0 Å². The first-order valence-corrected chi connectivity index (χ1v) is 5.77. The normalized spacial score (nSPS) is 9.79. The fraction of sp³-hybridized carbons (Fsp3) is 0.0833. The molecule has 1 aromatic heterocycles. The minimum atomic E-state index is 0. The van der Waals surface area contributed by atoms with Crippen LogP contribution in [0.1, 0.15) is 5.56 Å². The second kappa shape index (κ2) is 8.09. The highest BCUT2D eigenvalue weighted by Crippen LogP contribution is 2.28. The number of azo groups is 1. The highest BCUT2D eigenvalue weighted by atomic mass is 79.9. The minimum absolute atomic E-state index is 0. The van der Waals surface area contributed by atoms with E-state index in [1.165, 1.54) is 0 Å². The van der Waals surface area contributed by atoms with Crippen molar-refractivity contribution < 1.29 is 5.11 Å². The highest BCUT2D eigenvalue weighted by molar-refractivity contribution is 9.10. The van der Waals surface area contributed by atoms with Crippen molar-refractivity contribution in [3.05, 3.63) is 46.6 Å². The topological polar surface area (TPSA) is 57.8 Å². The lowest BCUT2D eigenvalue weighted by atomic mass is 10.2. The number of hydrogen-bond acceptors (Lipinski definition) is 4. The highest BCUT2D eigenvalue weighted by Gasteiger charge is 1.99. The van der Waals surface area contributed by atoms with Gasteiger partial charge in [0.05, 0.1) is 0 Å². The average Bonchev–Trinajstić information content (AvgIpc) is 2.30. The smallest absolute Gasteiger partial charge is 0.174 e. The zero-order valence-corrected chi connectivity index (χ0v) is 13.2. The predicted molar refractivity (Wildman–Crippen MR) is 83.5 cm³/mol. The standard InChI is InChI=1S/C12H10BrN3O.2ClH/c1-8-2-4-10(11(17)6-8)15-16-12-5-3-9(13)7-14-12;;/h2-7,17H,1H3;2*1H. The molecule has 4 nitrogen and oxygen atoms in total. The van der Waals surface area contributed by atoms with E-state index >= 15 is 0 Å². The average molecular weight is 365 g/mol. The molecule has 0 saturated heterocycles. The van der Waals surface area contributed by atoms with Crippen molar-refractivity contribution in [1.82, 2.24) is 4.98 Å². The number of hydrogen-bond donors (Lipinski definition) is 1. The molecule has 0 radical (unpaired) electrons. The van der Waals surface area contributed by atoms with E-state index in [9.17, 15) is 5.11 Å². The van der Waals surface area contributed by atoms with E-state index in [4.69, 9.17) is 0 Å².